The summed E-state index contributed by atoms with van der Waals surface area (Å²) in [6, 6.07) is 2.20. The molecule has 0 aliphatic heterocycles. The van der Waals surface area contributed by atoms with Crippen molar-refractivity contribution in [3.05, 3.63) is 17.3 Å². The van der Waals surface area contributed by atoms with Crippen molar-refractivity contribution >= 4 is 27.4 Å². The van der Waals surface area contributed by atoms with Gasteiger partial charge >= 0.3 is 0 Å². The fraction of sp³-hybridized carbons (Fsp3) is 0.538. The van der Waals surface area contributed by atoms with Crippen LogP contribution < -0.4 is 10.6 Å². The first-order valence-corrected chi connectivity index (χ1v) is 7.34. The number of fused-ring (bicyclic) bond motifs is 1. The van der Waals surface area contributed by atoms with Gasteiger partial charge in [-0.15, -0.1) is 11.3 Å². The molecule has 2 rings (SSSR count). The highest BCUT2D eigenvalue weighted by Gasteiger charge is 2.07. The second-order valence-corrected chi connectivity index (χ2v) is 5.26. The fourth-order valence-electron chi connectivity index (χ4n) is 1.82. The highest BCUT2D eigenvalue weighted by atomic mass is 32.1. The zero-order valence-corrected chi connectivity index (χ0v) is 11.8. The normalized spacial score (nSPS) is 11.0. The lowest BCUT2D eigenvalue weighted by Crippen LogP contribution is -2.17. The van der Waals surface area contributed by atoms with E-state index in [4.69, 9.17) is 0 Å². The topological polar surface area (TPSA) is 49.8 Å². The van der Waals surface area contributed by atoms with Gasteiger partial charge in [0.25, 0.3) is 0 Å². The van der Waals surface area contributed by atoms with E-state index >= 15 is 0 Å². The van der Waals surface area contributed by atoms with Crippen LogP contribution in [-0.2, 0) is 6.42 Å². The Morgan fingerprint density at radius 3 is 2.89 bits per heavy atom. The Morgan fingerprint density at radius 1 is 1.22 bits per heavy atom. The van der Waals surface area contributed by atoms with E-state index in [1.165, 1.54) is 4.88 Å². The molecule has 0 bridgehead atoms. The molecule has 0 unspecified atom stereocenters. The van der Waals surface area contributed by atoms with Crippen LogP contribution in [0.3, 0.4) is 0 Å². The van der Waals surface area contributed by atoms with Gasteiger partial charge < -0.3 is 10.6 Å². The van der Waals surface area contributed by atoms with E-state index in [0.29, 0.717) is 0 Å². The molecule has 0 fully saturated rings. The van der Waals surface area contributed by atoms with E-state index in [9.17, 15) is 0 Å². The van der Waals surface area contributed by atoms with E-state index in [1.54, 1.807) is 17.7 Å². The quantitative estimate of drug-likeness (QED) is 0.755. The molecular formula is C13H20N4S. The molecule has 0 aliphatic rings. The predicted octanol–water partition coefficient (Wildman–Crippen LogP) is 2.67. The summed E-state index contributed by atoms with van der Waals surface area (Å²) in [5, 5.41) is 7.87. The molecule has 0 amide bonds. The van der Waals surface area contributed by atoms with Gasteiger partial charge in [-0.05, 0) is 32.0 Å². The molecule has 0 spiro atoms. The van der Waals surface area contributed by atoms with Gasteiger partial charge in [0.1, 0.15) is 17.0 Å². The van der Waals surface area contributed by atoms with Gasteiger partial charge in [0.05, 0.1) is 5.39 Å². The maximum Gasteiger partial charge on any atom is 0.138 e. The highest BCUT2D eigenvalue weighted by molar-refractivity contribution is 7.18. The van der Waals surface area contributed by atoms with E-state index < -0.39 is 0 Å². The average Bonchev–Trinajstić information content (AvgIpc) is 2.82. The lowest BCUT2D eigenvalue weighted by atomic mass is 10.3. The van der Waals surface area contributed by atoms with Crippen LogP contribution in [0.2, 0.25) is 0 Å². The minimum Gasteiger partial charge on any atom is -0.369 e. The standard InChI is InChI=1S/C13H20N4S/c1-3-10-8-11-12(15-7-5-6-14-4-2)16-9-17-13(11)18-10/h8-9,14H,3-7H2,1-2H3,(H,15,16,17). The van der Waals surface area contributed by atoms with Gasteiger partial charge in [0.15, 0.2) is 0 Å². The summed E-state index contributed by atoms with van der Waals surface area (Å²) in [4.78, 5) is 11.1. The zero-order valence-electron chi connectivity index (χ0n) is 11.0. The molecular weight excluding hydrogens is 244 g/mol. The van der Waals surface area contributed by atoms with Crippen molar-refractivity contribution in [3.63, 3.8) is 0 Å². The van der Waals surface area contributed by atoms with Crippen molar-refractivity contribution < 1.29 is 0 Å². The molecule has 0 saturated carbocycles. The van der Waals surface area contributed by atoms with Crippen molar-refractivity contribution in [3.8, 4) is 0 Å². The van der Waals surface area contributed by atoms with Crippen LogP contribution in [0, 0.1) is 0 Å². The van der Waals surface area contributed by atoms with Gasteiger partial charge in [-0.3, -0.25) is 0 Å². The lowest BCUT2D eigenvalue weighted by molar-refractivity contribution is 0.688. The van der Waals surface area contributed by atoms with Crippen molar-refractivity contribution in [2.24, 2.45) is 0 Å². The molecule has 2 heterocycles. The largest absolute Gasteiger partial charge is 0.369 e. The predicted molar refractivity (Wildman–Crippen MR) is 78.4 cm³/mol. The smallest absolute Gasteiger partial charge is 0.138 e. The number of aryl methyl sites for hydroxylation is 1. The van der Waals surface area contributed by atoms with Crippen LogP contribution in [0.15, 0.2) is 12.4 Å². The molecule has 0 saturated heterocycles. The average molecular weight is 264 g/mol. The zero-order chi connectivity index (χ0) is 12.8. The summed E-state index contributed by atoms with van der Waals surface area (Å²) in [6.07, 6.45) is 3.80. The van der Waals surface area contributed by atoms with E-state index in [1.807, 2.05) is 0 Å². The lowest BCUT2D eigenvalue weighted by Gasteiger charge is -2.06. The maximum atomic E-state index is 4.34. The molecule has 0 radical (unpaired) electrons. The molecule has 2 aromatic rings. The first kappa shape index (κ1) is 13.2. The van der Waals surface area contributed by atoms with Gasteiger partial charge in [-0.25, -0.2) is 9.97 Å². The Bertz CT molecular complexity index is 495. The molecule has 0 aromatic carbocycles. The molecule has 4 nitrogen and oxygen atoms in total. The van der Waals surface area contributed by atoms with Crippen LogP contribution in [0.5, 0.6) is 0 Å². The van der Waals surface area contributed by atoms with Crippen molar-refractivity contribution in [1.29, 1.82) is 0 Å². The Balaban J connectivity index is 2.01. The highest BCUT2D eigenvalue weighted by Crippen LogP contribution is 2.28. The maximum absolute atomic E-state index is 4.34. The number of nitrogens with one attached hydrogen (secondary N) is 2. The molecule has 2 aromatic heterocycles. The monoisotopic (exact) mass is 264 g/mol. The number of hydrogen-bond donors (Lipinski definition) is 2. The summed E-state index contributed by atoms with van der Waals surface area (Å²) in [7, 11) is 0. The van der Waals surface area contributed by atoms with Gasteiger partial charge in [-0.2, -0.15) is 0 Å². The van der Waals surface area contributed by atoms with Crippen molar-refractivity contribution in [2.75, 3.05) is 25.0 Å². The molecule has 0 atom stereocenters. The van der Waals surface area contributed by atoms with E-state index in [0.717, 1.165) is 48.5 Å². The van der Waals surface area contributed by atoms with Gasteiger partial charge in [0, 0.05) is 11.4 Å². The molecule has 0 aliphatic carbocycles. The molecule has 5 heteroatoms. The fourth-order valence-corrected chi connectivity index (χ4v) is 2.75. The molecule has 18 heavy (non-hydrogen) atoms. The Kier molecular flexibility index (Phi) is 4.90. The van der Waals surface area contributed by atoms with Crippen LogP contribution in [0.1, 0.15) is 25.1 Å². The third-order valence-electron chi connectivity index (χ3n) is 2.80. The first-order chi connectivity index (χ1) is 8.85. The Morgan fingerprint density at radius 2 is 2.11 bits per heavy atom. The minimum absolute atomic E-state index is 0.941. The second-order valence-electron chi connectivity index (χ2n) is 4.14. The number of nitrogens with zero attached hydrogens (tertiary/aromatic N) is 2. The van der Waals surface area contributed by atoms with Gasteiger partial charge in [0.2, 0.25) is 0 Å². The third kappa shape index (κ3) is 3.17. The summed E-state index contributed by atoms with van der Waals surface area (Å²) in [6.45, 7) is 7.31. The van der Waals surface area contributed by atoms with Crippen molar-refractivity contribution in [1.82, 2.24) is 15.3 Å². The summed E-state index contributed by atoms with van der Waals surface area (Å²) < 4.78 is 0. The Labute approximate surface area is 112 Å². The summed E-state index contributed by atoms with van der Waals surface area (Å²) in [5.74, 6) is 0.965. The van der Waals surface area contributed by atoms with Crippen molar-refractivity contribution in [2.45, 2.75) is 26.7 Å². The number of anilines is 1. The molecule has 2 N–H and O–H groups in total. The first-order valence-electron chi connectivity index (χ1n) is 6.53. The van der Waals surface area contributed by atoms with E-state index in [2.05, 4.69) is 40.5 Å². The van der Waals surface area contributed by atoms with Gasteiger partial charge in [-0.1, -0.05) is 13.8 Å². The number of aromatic nitrogens is 2. The third-order valence-corrected chi connectivity index (χ3v) is 3.99. The second kappa shape index (κ2) is 6.66. The number of hydrogen-bond acceptors (Lipinski definition) is 5. The van der Waals surface area contributed by atoms with Crippen LogP contribution in [0.25, 0.3) is 10.2 Å². The van der Waals surface area contributed by atoms with Crippen LogP contribution in [0.4, 0.5) is 5.82 Å². The summed E-state index contributed by atoms with van der Waals surface area (Å²) in [5.41, 5.74) is 0. The number of thiophene rings is 1. The summed E-state index contributed by atoms with van der Waals surface area (Å²) >= 11 is 1.76. The number of rotatable bonds is 7. The SMILES string of the molecule is CCNCCCNc1ncnc2sc(CC)cc12. The van der Waals surface area contributed by atoms with E-state index in [-0.39, 0.29) is 0 Å². The minimum atomic E-state index is 0.941. The Hall–Kier alpha value is -1.20. The van der Waals surface area contributed by atoms with Crippen LogP contribution >= 0.6 is 11.3 Å². The van der Waals surface area contributed by atoms with Crippen LogP contribution in [-0.4, -0.2) is 29.6 Å². The molecule has 98 valence electrons.